The highest BCUT2D eigenvalue weighted by atomic mass is 16.6. The van der Waals surface area contributed by atoms with Gasteiger partial charge in [-0.05, 0) is 28.7 Å². The Bertz CT molecular complexity index is 1100. The normalized spacial score (nSPS) is 11.4. The molecule has 3 rings (SSSR count). The molecule has 0 aromatic heterocycles. The quantitative estimate of drug-likeness (QED) is 0.332. The largest absolute Gasteiger partial charge is 0.350 e. The van der Waals surface area contributed by atoms with E-state index in [1.165, 1.54) is 17.7 Å². The molecule has 0 unspecified atom stereocenters. The first kappa shape index (κ1) is 24.6. The van der Waals surface area contributed by atoms with E-state index in [1.807, 2.05) is 54.6 Å². The monoisotopic (exact) mass is 459 g/mol. The number of benzene rings is 3. The highest BCUT2D eigenvalue weighted by Gasteiger charge is 2.22. The van der Waals surface area contributed by atoms with Crippen molar-refractivity contribution < 1.29 is 14.5 Å². The van der Waals surface area contributed by atoms with Gasteiger partial charge in [-0.25, -0.2) is 0 Å². The molecule has 0 fully saturated rings. The zero-order valence-corrected chi connectivity index (χ0v) is 19.2. The summed E-state index contributed by atoms with van der Waals surface area (Å²) in [5, 5.41) is 16.6. The van der Waals surface area contributed by atoms with Crippen LogP contribution in [0.15, 0.2) is 78.9 Å². The molecule has 7 heteroatoms. The average Bonchev–Trinajstić information content (AvgIpc) is 2.84. The lowest BCUT2D eigenvalue weighted by molar-refractivity contribution is -0.384. The number of amides is 2. The van der Waals surface area contributed by atoms with Crippen LogP contribution in [0.1, 0.15) is 35.6 Å². The summed E-state index contributed by atoms with van der Waals surface area (Å²) in [6.07, 6.45) is 2.43. The highest BCUT2D eigenvalue weighted by Crippen LogP contribution is 2.14. The Morgan fingerprint density at radius 1 is 0.853 bits per heavy atom. The molecule has 0 aliphatic rings. The van der Waals surface area contributed by atoms with Crippen LogP contribution in [0, 0.1) is 10.1 Å². The maximum Gasteiger partial charge on any atom is 0.269 e. The SMILES string of the molecule is CCCc1ccc(CC(=O)N[C@@H](Cc2ccc([N+](=O)[O-])cc2)C(=O)NCc2ccccc2)cc1. The molecular formula is C27H29N3O4. The van der Waals surface area contributed by atoms with Crippen LogP contribution in [0.2, 0.25) is 0 Å². The minimum atomic E-state index is -0.808. The molecule has 0 aliphatic heterocycles. The van der Waals surface area contributed by atoms with Gasteiger partial charge in [-0.1, -0.05) is 80.1 Å². The highest BCUT2D eigenvalue weighted by molar-refractivity contribution is 5.88. The number of aryl methyl sites for hydroxylation is 1. The standard InChI is InChI=1S/C27H29N3O4/c1-2-6-20-9-11-22(12-10-20)18-26(31)29-25(17-21-13-15-24(16-14-21)30(33)34)27(32)28-19-23-7-4-3-5-8-23/h3-5,7-16,25H,2,6,17-19H2,1H3,(H,28,32)(H,29,31)/t25-/m0/s1. The van der Waals surface area contributed by atoms with E-state index in [-0.39, 0.29) is 30.3 Å². The van der Waals surface area contributed by atoms with Crippen LogP contribution in [0.4, 0.5) is 5.69 Å². The molecule has 3 aromatic rings. The Kier molecular flexibility index (Phi) is 8.91. The van der Waals surface area contributed by atoms with Gasteiger partial charge in [-0.15, -0.1) is 0 Å². The zero-order valence-electron chi connectivity index (χ0n) is 19.2. The Morgan fingerprint density at radius 2 is 1.47 bits per heavy atom. The van der Waals surface area contributed by atoms with E-state index < -0.39 is 11.0 Å². The maximum atomic E-state index is 13.0. The van der Waals surface area contributed by atoms with Gasteiger partial charge in [0, 0.05) is 25.1 Å². The van der Waals surface area contributed by atoms with Gasteiger partial charge < -0.3 is 10.6 Å². The van der Waals surface area contributed by atoms with Gasteiger partial charge in [-0.2, -0.15) is 0 Å². The second kappa shape index (κ2) is 12.3. The van der Waals surface area contributed by atoms with Crippen LogP contribution in [0.3, 0.4) is 0 Å². The van der Waals surface area contributed by atoms with Gasteiger partial charge in [0.1, 0.15) is 6.04 Å². The van der Waals surface area contributed by atoms with Gasteiger partial charge in [0.25, 0.3) is 5.69 Å². The van der Waals surface area contributed by atoms with Crippen LogP contribution in [0.5, 0.6) is 0 Å². The van der Waals surface area contributed by atoms with Gasteiger partial charge >= 0.3 is 0 Å². The fourth-order valence-electron chi connectivity index (χ4n) is 3.65. The van der Waals surface area contributed by atoms with E-state index >= 15 is 0 Å². The number of hydrogen-bond donors (Lipinski definition) is 2. The third-order valence-electron chi connectivity index (χ3n) is 5.47. The van der Waals surface area contributed by atoms with E-state index in [0.29, 0.717) is 6.54 Å². The van der Waals surface area contributed by atoms with Gasteiger partial charge in [0.15, 0.2) is 0 Å². The Hall–Kier alpha value is -4.00. The van der Waals surface area contributed by atoms with Crippen molar-refractivity contribution in [3.8, 4) is 0 Å². The number of carbonyl (C=O) groups is 2. The molecule has 7 nitrogen and oxygen atoms in total. The first-order valence-corrected chi connectivity index (χ1v) is 11.4. The lowest BCUT2D eigenvalue weighted by Gasteiger charge is -2.19. The first-order valence-electron chi connectivity index (χ1n) is 11.4. The number of rotatable bonds is 11. The van der Waals surface area contributed by atoms with E-state index in [0.717, 1.165) is 29.5 Å². The second-order valence-corrected chi connectivity index (χ2v) is 8.19. The topological polar surface area (TPSA) is 101 Å². The van der Waals surface area contributed by atoms with Crippen molar-refractivity contribution in [1.82, 2.24) is 10.6 Å². The summed E-state index contributed by atoms with van der Waals surface area (Å²) >= 11 is 0. The number of nitro groups is 1. The maximum absolute atomic E-state index is 13.0. The molecule has 1 atom stereocenters. The minimum Gasteiger partial charge on any atom is -0.350 e. The van der Waals surface area contributed by atoms with E-state index in [2.05, 4.69) is 17.6 Å². The van der Waals surface area contributed by atoms with Crippen LogP contribution < -0.4 is 10.6 Å². The lowest BCUT2D eigenvalue weighted by Crippen LogP contribution is -2.48. The summed E-state index contributed by atoms with van der Waals surface area (Å²) in [6.45, 7) is 2.46. The number of carbonyl (C=O) groups excluding carboxylic acids is 2. The summed E-state index contributed by atoms with van der Waals surface area (Å²) in [7, 11) is 0. The van der Waals surface area contributed by atoms with Gasteiger partial charge in [-0.3, -0.25) is 19.7 Å². The molecule has 0 bridgehead atoms. The molecule has 176 valence electrons. The molecule has 34 heavy (non-hydrogen) atoms. The zero-order chi connectivity index (χ0) is 24.3. The Balaban J connectivity index is 1.68. The molecule has 3 aromatic carbocycles. The van der Waals surface area contributed by atoms with Crippen molar-refractivity contribution in [2.24, 2.45) is 0 Å². The molecule has 0 aliphatic carbocycles. The summed E-state index contributed by atoms with van der Waals surface area (Å²) in [5.74, 6) is -0.570. The van der Waals surface area contributed by atoms with Crippen molar-refractivity contribution in [3.05, 3.63) is 111 Å². The van der Waals surface area contributed by atoms with Crippen molar-refractivity contribution in [2.75, 3.05) is 0 Å². The number of nitrogens with one attached hydrogen (secondary N) is 2. The number of hydrogen-bond acceptors (Lipinski definition) is 4. The predicted molar refractivity (Wildman–Crippen MR) is 131 cm³/mol. The lowest BCUT2D eigenvalue weighted by atomic mass is 10.0. The molecule has 0 heterocycles. The van der Waals surface area contributed by atoms with E-state index in [9.17, 15) is 19.7 Å². The molecular weight excluding hydrogens is 430 g/mol. The van der Waals surface area contributed by atoms with Crippen molar-refractivity contribution in [3.63, 3.8) is 0 Å². The van der Waals surface area contributed by atoms with Gasteiger partial charge in [0.2, 0.25) is 11.8 Å². The smallest absolute Gasteiger partial charge is 0.269 e. The molecule has 0 saturated heterocycles. The Morgan fingerprint density at radius 3 is 2.09 bits per heavy atom. The summed E-state index contributed by atoms with van der Waals surface area (Å²) in [4.78, 5) is 36.2. The number of non-ortho nitro benzene ring substituents is 1. The van der Waals surface area contributed by atoms with Crippen LogP contribution in [-0.4, -0.2) is 22.8 Å². The summed E-state index contributed by atoms with van der Waals surface area (Å²) in [5.41, 5.74) is 3.74. The van der Waals surface area contributed by atoms with Crippen molar-refractivity contribution in [1.29, 1.82) is 0 Å². The van der Waals surface area contributed by atoms with Gasteiger partial charge in [0.05, 0.1) is 11.3 Å². The molecule has 2 N–H and O–H groups in total. The van der Waals surface area contributed by atoms with Crippen LogP contribution in [-0.2, 0) is 35.4 Å². The molecule has 0 radical (unpaired) electrons. The fraction of sp³-hybridized carbons (Fsp3) is 0.259. The predicted octanol–water partition coefficient (Wildman–Crippen LogP) is 4.13. The number of nitro benzene ring substituents is 1. The second-order valence-electron chi connectivity index (χ2n) is 8.19. The van der Waals surface area contributed by atoms with Crippen molar-refractivity contribution >= 4 is 17.5 Å². The molecule has 0 saturated carbocycles. The summed E-state index contributed by atoms with van der Waals surface area (Å²) < 4.78 is 0. The van der Waals surface area contributed by atoms with Crippen LogP contribution >= 0.6 is 0 Å². The van der Waals surface area contributed by atoms with E-state index in [1.54, 1.807) is 12.1 Å². The summed E-state index contributed by atoms with van der Waals surface area (Å²) in [6, 6.07) is 22.6. The van der Waals surface area contributed by atoms with Crippen molar-refractivity contribution in [2.45, 2.75) is 45.2 Å². The molecule has 0 spiro atoms. The number of nitrogens with zero attached hydrogens (tertiary/aromatic N) is 1. The fourth-order valence-corrected chi connectivity index (χ4v) is 3.65. The minimum absolute atomic E-state index is 0.0237. The average molecular weight is 460 g/mol. The Labute approximate surface area is 199 Å². The molecule has 2 amide bonds. The first-order chi connectivity index (χ1) is 16.4. The van der Waals surface area contributed by atoms with E-state index in [4.69, 9.17) is 0 Å². The third kappa shape index (κ3) is 7.55. The third-order valence-corrected chi connectivity index (χ3v) is 5.47. The van der Waals surface area contributed by atoms with Crippen LogP contribution in [0.25, 0.3) is 0 Å².